The first-order valence-corrected chi connectivity index (χ1v) is 7.12. The number of hydrogen-bond donors (Lipinski definition) is 1. The second kappa shape index (κ2) is 6.57. The first-order valence-electron chi connectivity index (χ1n) is 6.32. The summed E-state index contributed by atoms with van der Waals surface area (Å²) in [6.07, 6.45) is 1.87. The first kappa shape index (κ1) is 15.5. The van der Waals surface area contributed by atoms with Gasteiger partial charge in [-0.05, 0) is 33.6 Å². The third kappa shape index (κ3) is 5.87. The molecule has 0 aromatic rings. The topological polar surface area (TPSA) is 41.6 Å². The van der Waals surface area contributed by atoms with Crippen LogP contribution in [0.3, 0.4) is 0 Å². The highest BCUT2D eigenvalue weighted by Gasteiger charge is 2.27. The van der Waals surface area contributed by atoms with E-state index in [-0.39, 0.29) is 6.09 Å². The van der Waals surface area contributed by atoms with Gasteiger partial charge >= 0.3 is 6.09 Å². The average molecular weight is 319 g/mol. The number of hydrogen-bond acceptors (Lipinski definition) is 3. The molecule has 104 valence electrons. The Morgan fingerprint density at radius 1 is 1.56 bits per heavy atom. The summed E-state index contributed by atoms with van der Waals surface area (Å²) in [7, 11) is 0. The van der Waals surface area contributed by atoms with Gasteiger partial charge in [-0.2, -0.15) is 0 Å². The van der Waals surface area contributed by atoms with Crippen molar-refractivity contribution in [2.24, 2.45) is 0 Å². The van der Waals surface area contributed by atoms with E-state index in [2.05, 4.69) is 27.8 Å². The zero-order valence-electron chi connectivity index (χ0n) is 11.5. The van der Waals surface area contributed by atoms with Crippen LogP contribution in [0.1, 0.15) is 33.6 Å². The molecule has 1 heterocycles. The summed E-state index contributed by atoms with van der Waals surface area (Å²) in [6, 6.07) is 0.320. The lowest BCUT2D eigenvalue weighted by atomic mass is 10.1. The number of rotatable bonds is 3. The lowest BCUT2D eigenvalue weighted by Gasteiger charge is -2.34. The Labute approximate surface area is 118 Å². The fourth-order valence-corrected chi connectivity index (χ4v) is 2.05. The Morgan fingerprint density at radius 2 is 2.22 bits per heavy atom. The maximum Gasteiger partial charge on any atom is 0.410 e. The van der Waals surface area contributed by atoms with Crippen molar-refractivity contribution >= 4 is 22.0 Å². The number of nitrogens with one attached hydrogen (secondary N) is 1. The van der Waals surface area contributed by atoms with E-state index in [0.29, 0.717) is 12.6 Å². The molecule has 1 aliphatic heterocycles. The first-order chi connectivity index (χ1) is 8.28. The summed E-state index contributed by atoms with van der Waals surface area (Å²) in [5.74, 6) is 0. The van der Waals surface area contributed by atoms with Gasteiger partial charge in [0.25, 0.3) is 0 Å². The smallest absolute Gasteiger partial charge is 0.410 e. The number of likely N-dealkylation sites (tertiary alicyclic amines) is 1. The van der Waals surface area contributed by atoms with Crippen LogP contribution in [-0.2, 0) is 4.74 Å². The Kier molecular flexibility index (Phi) is 5.66. The molecule has 0 spiro atoms. The molecule has 0 aromatic carbocycles. The molecule has 1 N–H and O–H groups in total. The molecular weight excluding hydrogens is 296 g/mol. The standard InChI is InChI=1S/C13H23BrN2O2/c1-10(14)8-15-11-6-5-7-16(9-11)12(17)18-13(2,3)4/h11,15H,1,5-9H2,2-4H3. The van der Waals surface area contributed by atoms with Gasteiger partial charge in [0.1, 0.15) is 5.60 Å². The summed E-state index contributed by atoms with van der Waals surface area (Å²) in [5, 5.41) is 3.37. The van der Waals surface area contributed by atoms with Crippen LogP contribution in [0.4, 0.5) is 4.79 Å². The Balaban J connectivity index is 2.43. The maximum atomic E-state index is 11.9. The van der Waals surface area contributed by atoms with Gasteiger partial charge in [0.15, 0.2) is 0 Å². The largest absolute Gasteiger partial charge is 0.444 e. The zero-order chi connectivity index (χ0) is 13.8. The van der Waals surface area contributed by atoms with Crippen LogP contribution in [0.15, 0.2) is 11.1 Å². The number of halogens is 1. The molecule has 0 radical (unpaired) electrons. The second-order valence-electron chi connectivity index (χ2n) is 5.66. The lowest BCUT2D eigenvalue weighted by Crippen LogP contribution is -2.49. The summed E-state index contributed by atoms with van der Waals surface area (Å²) >= 11 is 3.32. The molecule has 1 unspecified atom stereocenters. The minimum Gasteiger partial charge on any atom is -0.444 e. The molecule has 1 fully saturated rings. The Morgan fingerprint density at radius 3 is 2.78 bits per heavy atom. The SMILES string of the molecule is C=C(Br)CNC1CCCN(C(=O)OC(C)(C)C)C1. The number of piperidine rings is 1. The maximum absolute atomic E-state index is 11.9. The number of nitrogens with zero attached hydrogens (tertiary/aromatic N) is 1. The fraction of sp³-hybridized carbons (Fsp3) is 0.769. The highest BCUT2D eigenvalue weighted by Crippen LogP contribution is 2.15. The molecule has 0 bridgehead atoms. The van der Waals surface area contributed by atoms with Gasteiger partial charge in [0.2, 0.25) is 0 Å². The van der Waals surface area contributed by atoms with Crippen molar-refractivity contribution < 1.29 is 9.53 Å². The van der Waals surface area contributed by atoms with Crippen LogP contribution in [0.5, 0.6) is 0 Å². The number of carbonyl (C=O) groups is 1. The number of ether oxygens (including phenoxy) is 1. The normalized spacial score (nSPS) is 20.7. The van der Waals surface area contributed by atoms with Crippen molar-refractivity contribution in [3.05, 3.63) is 11.1 Å². The highest BCUT2D eigenvalue weighted by atomic mass is 79.9. The van der Waals surface area contributed by atoms with Crippen molar-refractivity contribution in [1.29, 1.82) is 0 Å². The van der Waals surface area contributed by atoms with Crippen molar-refractivity contribution in [2.45, 2.75) is 45.3 Å². The Bertz CT molecular complexity index is 313. The van der Waals surface area contributed by atoms with Gasteiger partial charge in [-0.25, -0.2) is 4.79 Å². The fourth-order valence-electron chi connectivity index (χ4n) is 1.89. The van der Waals surface area contributed by atoms with E-state index in [0.717, 1.165) is 30.4 Å². The van der Waals surface area contributed by atoms with Crippen LogP contribution in [0.2, 0.25) is 0 Å². The number of carbonyl (C=O) groups excluding carboxylic acids is 1. The number of amides is 1. The Hall–Kier alpha value is -0.550. The molecule has 18 heavy (non-hydrogen) atoms. The van der Waals surface area contributed by atoms with Crippen molar-refractivity contribution in [3.8, 4) is 0 Å². The third-order valence-electron chi connectivity index (χ3n) is 2.66. The quantitative estimate of drug-likeness (QED) is 0.870. The molecule has 4 nitrogen and oxygen atoms in total. The molecule has 0 aromatic heterocycles. The van der Waals surface area contributed by atoms with Gasteiger partial charge in [-0.1, -0.05) is 22.5 Å². The van der Waals surface area contributed by atoms with E-state index >= 15 is 0 Å². The monoisotopic (exact) mass is 318 g/mol. The van der Waals surface area contributed by atoms with Crippen LogP contribution in [0.25, 0.3) is 0 Å². The predicted octanol–water partition coefficient (Wildman–Crippen LogP) is 2.88. The van der Waals surface area contributed by atoms with Crippen LogP contribution < -0.4 is 5.32 Å². The van der Waals surface area contributed by atoms with Gasteiger partial charge in [0.05, 0.1) is 0 Å². The summed E-state index contributed by atoms with van der Waals surface area (Å²) < 4.78 is 6.31. The minimum atomic E-state index is -0.429. The molecule has 1 aliphatic rings. The van der Waals surface area contributed by atoms with Crippen LogP contribution >= 0.6 is 15.9 Å². The summed E-state index contributed by atoms with van der Waals surface area (Å²) in [4.78, 5) is 13.7. The van der Waals surface area contributed by atoms with E-state index in [9.17, 15) is 4.79 Å². The highest BCUT2D eigenvalue weighted by molar-refractivity contribution is 9.11. The van der Waals surface area contributed by atoms with Crippen molar-refractivity contribution in [3.63, 3.8) is 0 Å². The molecular formula is C13H23BrN2O2. The molecule has 1 atom stereocenters. The van der Waals surface area contributed by atoms with Gasteiger partial charge < -0.3 is 15.0 Å². The molecule has 1 amide bonds. The average Bonchev–Trinajstić information content (AvgIpc) is 2.24. The molecule has 5 heteroatoms. The summed E-state index contributed by atoms with van der Waals surface area (Å²) in [5.41, 5.74) is -0.429. The van der Waals surface area contributed by atoms with E-state index in [1.165, 1.54) is 0 Å². The van der Waals surface area contributed by atoms with E-state index in [1.54, 1.807) is 4.90 Å². The van der Waals surface area contributed by atoms with Gasteiger partial charge in [-0.15, -0.1) is 0 Å². The predicted molar refractivity (Wildman–Crippen MR) is 76.9 cm³/mol. The molecule has 0 aliphatic carbocycles. The molecule has 1 saturated heterocycles. The van der Waals surface area contributed by atoms with E-state index < -0.39 is 5.60 Å². The second-order valence-corrected chi connectivity index (χ2v) is 6.79. The minimum absolute atomic E-state index is 0.216. The van der Waals surface area contributed by atoms with Gasteiger partial charge in [0, 0.05) is 30.2 Å². The lowest BCUT2D eigenvalue weighted by molar-refractivity contribution is 0.0189. The van der Waals surface area contributed by atoms with E-state index in [1.807, 2.05) is 20.8 Å². The van der Waals surface area contributed by atoms with Crippen LogP contribution in [-0.4, -0.2) is 42.3 Å². The van der Waals surface area contributed by atoms with Gasteiger partial charge in [-0.3, -0.25) is 0 Å². The molecule has 0 saturated carbocycles. The van der Waals surface area contributed by atoms with Crippen molar-refractivity contribution in [1.82, 2.24) is 10.2 Å². The van der Waals surface area contributed by atoms with Crippen molar-refractivity contribution in [2.75, 3.05) is 19.6 Å². The molecule has 1 rings (SSSR count). The van der Waals surface area contributed by atoms with E-state index in [4.69, 9.17) is 4.74 Å². The van der Waals surface area contributed by atoms with Crippen LogP contribution in [0, 0.1) is 0 Å². The summed E-state index contributed by atoms with van der Waals surface area (Å²) in [6.45, 7) is 11.7. The zero-order valence-corrected chi connectivity index (χ0v) is 13.0. The third-order valence-corrected chi connectivity index (χ3v) is 2.94.